The van der Waals surface area contributed by atoms with Crippen molar-refractivity contribution in [1.29, 1.82) is 0 Å². The molecule has 0 saturated carbocycles. The van der Waals surface area contributed by atoms with Crippen molar-refractivity contribution >= 4 is 45.4 Å². The van der Waals surface area contributed by atoms with E-state index in [1.165, 1.54) is 0 Å². The van der Waals surface area contributed by atoms with Crippen LogP contribution in [0.3, 0.4) is 0 Å². The Balaban J connectivity index is 1.84. The van der Waals surface area contributed by atoms with E-state index in [1.807, 2.05) is 37.3 Å². The second-order valence-electron chi connectivity index (χ2n) is 5.37. The molecular weight excluding hydrogens is 343 g/mol. The lowest BCUT2D eigenvalue weighted by Crippen LogP contribution is -1.99. The number of rotatable bonds is 4. The van der Waals surface area contributed by atoms with Crippen LogP contribution in [0.1, 0.15) is 12.5 Å². The number of ether oxygens (including phenoxy) is 1. The number of halogens is 2. The maximum Gasteiger partial charge on any atom is 0.119 e. The summed E-state index contributed by atoms with van der Waals surface area (Å²) in [6, 6.07) is 17.5. The zero-order valence-electron chi connectivity index (χ0n) is 13.3. The third-order valence-electron chi connectivity index (χ3n) is 3.74. The van der Waals surface area contributed by atoms with E-state index in [0.29, 0.717) is 10.0 Å². The van der Waals surface area contributed by atoms with Crippen LogP contribution in [0, 0.1) is 0 Å². The van der Waals surface area contributed by atoms with E-state index >= 15 is 0 Å². The normalized spacial score (nSPS) is 11.6. The molecular formula is C19H16Cl2N2O. The highest BCUT2D eigenvalue weighted by molar-refractivity contribution is 6.42. The van der Waals surface area contributed by atoms with E-state index in [4.69, 9.17) is 27.9 Å². The van der Waals surface area contributed by atoms with Crippen LogP contribution in [-0.2, 0) is 0 Å². The molecule has 0 spiro atoms. The van der Waals surface area contributed by atoms with E-state index in [-0.39, 0.29) is 0 Å². The van der Waals surface area contributed by atoms with Crippen LogP contribution in [0.5, 0.6) is 5.75 Å². The van der Waals surface area contributed by atoms with Crippen molar-refractivity contribution in [3.63, 3.8) is 0 Å². The number of hydrazone groups is 1. The highest BCUT2D eigenvalue weighted by Crippen LogP contribution is 2.25. The summed E-state index contributed by atoms with van der Waals surface area (Å²) in [5.74, 6) is 0.849. The van der Waals surface area contributed by atoms with Crippen LogP contribution >= 0.6 is 23.2 Å². The highest BCUT2D eigenvalue weighted by Gasteiger charge is 2.03. The van der Waals surface area contributed by atoms with Gasteiger partial charge in [0, 0.05) is 0 Å². The molecule has 0 atom stereocenters. The fourth-order valence-electron chi connectivity index (χ4n) is 2.35. The number of benzene rings is 3. The third kappa shape index (κ3) is 3.64. The fourth-order valence-corrected chi connectivity index (χ4v) is 2.65. The number of hydrogen-bond donors (Lipinski definition) is 1. The Morgan fingerprint density at radius 3 is 2.42 bits per heavy atom. The Labute approximate surface area is 150 Å². The molecule has 0 bridgehead atoms. The molecule has 0 amide bonds. The molecule has 0 radical (unpaired) electrons. The summed E-state index contributed by atoms with van der Waals surface area (Å²) in [7, 11) is 1.67. The molecule has 3 rings (SSSR count). The van der Waals surface area contributed by atoms with Crippen molar-refractivity contribution in [3.05, 3.63) is 70.2 Å². The smallest absolute Gasteiger partial charge is 0.119 e. The number of nitrogens with one attached hydrogen (secondary N) is 1. The van der Waals surface area contributed by atoms with Gasteiger partial charge in [-0.1, -0.05) is 41.4 Å². The largest absolute Gasteiger partial charge is 0.497 e. The van der Waals surface area contributed by atoms with Crippen LogP contribution in [0.25, 0.3) is 10.8 Å². The standard InChI is InChI=1S/C19H16Cl2N2O/c1-12(22-23-16-6-8-18(20)19(21)11-16)13-3-4-15-10-17(24-2)7-5-14(15)9-13/h3-11,23H,1-2H3/b22-12-. The van der Waals surface area contributed by atoms with E-state index in [0.717, 1.165) is 33.5 Å². The molecule has 0 aliphatic heterocycles. The zero-order chi connectivity index (χ0) is 17.1. The van der Waals surface area contributed by atoms with Crippen LogP contribution in [0.2, 0.25) is 10.0 Å². The molecule has 3 aromatic rings. The van der Waals surface area contributed by atoms with Crippen molar-refractivity contribution in [2.75, 3.05) is 12.5 Å². The summed E-state index contributed by atoms with van der Waals surface area (Å²) < 4.78 is 5.25. The summed E-state index contributed by atoms with van der Waals surface area (Å²) in [6.07, 6.45) is 0. The van der Waals surface area contributed by atoms with Gasteiger partial charge in [-0.3, -0.25) is 5.43 Å². The number of anilines is 1. The molecule has 0 heterocycles. The summed E-state index contributed by atoms with van der Waals surface area (Å²) in [5.41, 5.74) is 5.70. The van der Waals surface area contributed by atoms with Gasteiger partial charge in [-0.2, -0.15) is 5.10 Å². The molecule has 3 nitrogen and oxygen atoms in total. The number of methoxy groups -OCH3 is 1. The first-order valence-corrected chi connectivity index (χ1v) is 8.16. The van der Waals surface area contributed by atoms with Gasteiger partial charge in [0.25, 0.3) is 0 Å². The predicted molar refractivity (Wildman–Crippen MR) is 103 cm³/mol. The predicted octanol–water partition coefficient (Wildman–Crippen LogP) is 5.99. The van der Waals surface area contributed by atoms with Gasteiger partial charge in [-0.25, -0.2) is 0 Å². The molecule has 0 fully saturated rings. The molecule has 0 unspecified atom stereocenters. The van der Waals surface area contributed by atoms with Gasteiger partial charge >= 0.3 is 0 Å². The third-order valence-corrected chi connectivity index (χ3v) is 4.48. The molecule has 0 aromatic heterocycles. The van der Waals surface area contributed by atoms with Gasteiger partial charge in [0.15, 0.2) is 0 Å². The van der Waals surface area contributed by atoms with Gasteiger partial charge < -0.3 is 4.74 Å². The first-order chi connectivity index (χ1) is 11.6. The zero-order valence-corrected chi connectivity index (χ0v) is 14.8. The van der Waals surface area contributed by atoms with E-state index in [9.17, 15) is 0 Å². The Hall–Kier alpha value is -2.23. The second-order valence-corrected chi connectivity index (χ2v) is 6.18. The van der Waals surface area contributed by atoms with E-state index in [2.05, 4.69) is 22.7 Å². The summed E-state index contributed by atoms with van der Waals surface area (Å²) in [5, 5.41) is 7.70. The van der Waals surface area contributed by atoms with Crippen molar-refractivity contribution in [2.45, 2.75) is 6.92 Å². The quantitative estimate of drug-likeness (QED) is 0.458. The van der Waals surface area contributed by atoms with Crippen LogP contribution in [0.15, 0.2) is 59.7 Å². The van der Waals surface area contributed by atoms with Gasteiger partial charge in [-0.15, -0.1) is 0 Å². The van der Waals surface area contributed by atoms with Crippen molar-refractivity contribution in [2.24, 2.45) is 5.10 Å². The van der Waals surface area contributed by atoms with E-state index < -0.39 is 0 Å². The lowest BCUT2D eigenvalue weighted by Gasteiger charge is -2.07. The van der Waals surface area contributed by atoms with Crippen molar-refractivity contribution < 1.29 is 4.74 Å². The minimum absolute atomic E-state index is 0.495. The summed E-state index contributed by atoms with van der Waals surface area (Å²) in [4.78, 5) is 0. The highest BCUT2D eigenvalue weighted by atomic mass is 35.5. The minimum atomic E-state index is 0.495. The maximum atomic E-state index is 6.01. The molecule has 5 heteroatoms. The first-order valence-electron chi connectivity index (χ1n) is 7.40. The number of fused-ring (bicyclic) bond motifs is 1. The lowest BCUT2D eigenvalue weighted by molar-refractivity contribution is 0.415. The van der Waals surface area contributed by atoms with Crippen LogP contribution in [-0.4, -0.2) is 12.8 Å². The number of nitrogens with zero attached hydrogens (tertiary/aromatic N) is 1. The molecule has 0 aliphatic rings. The molecule has 122 valence electrons. The average molecular weight is 359 g/mol. The van der Waals surface area contributed by atoms with Gasteiger partial charge in [0.05, 0.1) is 28.6 Å². The summed E-state index contributed by atoms with van der Waals surface area (Å²) in [6.45, 7) is 1.95. The monoisotopic (exact) mass is 358 g/mol. The molecule has 24 heavy (non-hydrogen) atoms. The molecule has 1 N–H and O–H groups in total. The van der Waals surface area contributed by atoms with Crippen LogP contribution in [0.4, 0.5) is 5.69 Å². The maximum absolute atomic E-state index is 6.01. The van der Waals surface area contributed by atoms with Gasteiger partial charge in [-0.05, 0) is 59.7 Å². The second kappa shape index (κ2) is 7.12. The lowest BCUT2D eigenvalue weighted by atomic mass is 10.0. The van der Waals surface area contributed by atoms with Gasteiger partial charge in [0.1, 0.15) is 5.75 Å². The average Bonchev–Trinajstić information content (AvgIpc) is 2.61. The Morgan fingerprint density at radius 1 is 0.917 bits per heavy atom. The van der Waals surface area contributed by atoms with Crippen molar-refractivity contribution in [3.8, 4) is 5.75 Å². The Morgan fingerprint density at radius 2 is 1.67 bits per heavy atom. The number of hydrogen-bond acceptors (Lipinski definition) is 3. The van der Waals surface area contributed by atoms with Crippen LogP contribution < -0.4 is 10.2 Å². The van der Waals surface area contributed by atoms with E-state index in [1.54, 1.807) is 19.2 Å². The molecule has 0 saturated heterocycles. The fraction of sp³-hybridized carbons (Fsp3) is 0.105. The SMILES string of the molecule is COc1ccc2cc(/C(C)=N\Nc3ccc(Cl)c(Cl)c3)ccc2c1. The Bertz CT molecular complexity index is 922. The summed E-state index contributed by atoms with van der Waals surface area (Å²) >= 11 is 11.9. The minimum Gasteiger partial charge on any atom is -0.497 e. The van der Waals surface area contributed by atoms with Crippen molar-refractivity contribution in [1.82, 2.24) is 0 Å². The topological polar surface area (TPSA) is 33.6 Å². The molecule has 0 aliphatic carbocycles. The Kier molecular flexibility index (Phi) is 4.93. The van der Waals surface area contributed by atoms with Gasteiger partial charge in [0.2, 0.25) is 0 Å². The first kappa shape index (κ1) is 16.6. The molecule has 3 aromatic carbocycles.